The molecule has 1 aliphatic heterocycles. The minimum atomic E-state index is -0.511. The molecule has 232 valence electrons. The van der Waals surface area contributed by atoms with E-state index in [-0.39, 0.29) is 34.1 Å². The first-order chi connectivity index (χ1) is 19.4. The fourth-order valence-corrected chi connectivity index (χ4v) is 5.96. The van der Waals surface area contributed by atoms with Gasteiger partial charge in [0.1, 0.15) is 21.6 Å². The molecule has 0 spiro atoms. The summed E-state index contributed by atoms with van der Waals surface area (Å²) in [6, 6.07) is 9.47. The highest BCUT2D eigenvalue weighted by molar-refractivity contribution is 7.97. The third-order valence-electron chi connectivity index (χ3n) is 7.43. The van der Waals surface area contributed by atoms with Gasteiger partial charge in [-0.15, -0.1) is 0 Å². The Morgan fingerprint density at radius 1 is 1.12 bits per heavy atom. The van der Waals surface area contributed by atoms with Gasteiger partial charge in [-0.05, 0) is 90.0 Å². The molecule has 2 aromatic heterocycles. The molecule has 2 aromatic rings. The van der Waals surface area contributed by atoms with Crippen molar-refractivity contribution >= 4 is 41.4 Å². The number of carbonyl (C=O) groups is 2. The molecule has 42 heavy (non-hydrogen) atoms. The van der Waals surface area contributed by atoms with Gasteiger partial charge in [-0.3, -0.25) is 9.52 Å². The van der Waals surface area contributed by atoms with E-state index in [1.807, 2.05) is 70.7 Å². The molecule has 10 heteroatoms. The minimum absolute atomic E-state index is 0.160. The first-order valence-corrected chi connectivity index (χ1v) is 15.9. The van der Waals surface area contributed by atoms with Crippen LogP contribution in [0, 0.1) is 11.8 Å². The van der Waals surface area contributed by atoms with Crippen LogP contribution in [-0.2, 0) is 10.2 Å². The lowest BCUT2D eigenvalue weighted by Gasteiger charge is -2.33. The summed E-state index contributed by atoms with van der Waals surface area (Å²) in [5, 5.41) is 4.45. The number of anilines is 1. The minimum Gasteiger partial charge on any atom is -0.444 e. The van der Waals surface area contributed by atoms with Crippen LogP contribution in [0.2, 0.25) is 5.15 Å². The number of nitrogens with one attached hydrogen (secondary N) is 2. The molecule has 2 atom stereocenters. The smallest absolute Gasteiger partial charge is 0.410 e. The molecule has 0 aliphatic carbocycles. The lowest BCUT2D eigenvalue weighted by atomic mass is 9.89. The second-order valence-electron chi connectivity index (χ2n) is 14.2. The van der Waals surface area contributed by atoms with E-state index in [1.54, 1.807) is 6.07 Å². The zero-order chi connectivity index (χ0) is 31.5. The molecule has 8 nitrogen and oxygen atoms in total. The van der Waals surface area contributed by atoms with Crippen molar-refractivity contribution < 1.29 is 14.3 Å². The number of hydrogen-bond acceptors (Lipinski definition) is 7. The molecule has 2 N–H and O–H groups in total. The van der Waals surface area contributed by atoms with Crippen molar-refractivity contribution in [1.29, 1.82) is 0 Å². The van der Waals surface area contributed by atoms with Gasteiger partial charge in [0, 0.05) is 41.2 Å². The van der Waals surface area contributed by atoms with Crippen LogP contribution in [0.4, 0.5) is 10.6 Å². The van der Waals surface area contributed by atoms with Crippen LogP contribution in [0.3, 0.4) is 0 Å². The zero-order valence-electron chi connectivity index (χ0n) is 26.8. The number of carbonyl (C=O) groups excluding carboxylic acids is 2. The lowest BCUT2D eigenvalue weighted by molar-refractivity contribution is 0.0130. The Hall–Kier alpha value is -2.52. The summed E-state index contributed by atoms with van der Waals surface area (Å²) in [6.45, 7) is 21.2. The van der Waals surface area contributed by atoms with Gasteiger partial charge in [-0.1, -0.05) is 52.3 Å². The first kappa shape index (κ1) is 34.0. The molecule has 3 heterocycles. The van der Waals surface area contributed by atoms with E-state index in [0.29, 0.717) is 29.0 Å². The summed E-state index contributed by atoms with van der Waals surface area (Å²) < 4.78 is 8.51. The Bertz CT molecular complexity index is 1260. The number of nitrogens with zero attached hydrogens (tertiary/aromatic N) is 3. The Morgan fingerprint density at radius 3 is 2.40 bits per heavy atom. The van der Waals surface area contributed by atoms with E-state index in [4.69, 9.17) is 21.3 Å². The highest BCUT2D eigenvalue weighted by Gasteiger charge is 2.42. The van der Waals surface area contributed by atoms with Crippen molar-refractivity contribution in [3.8, 4) is 0 Å². The van der Waals surface area contributed by atoms with Gasteiger partial charge < -0.3 is 15.0 Å². The van der Waals surface area contributed by atoms with Crippen molar-refractivity contribution in [1.82, 2.24) is 19.6 Å². The van der Waals surface area contributed by atoms with Gasteiger partial charge in [0.2, 0.25) is 0 Å². The summed E-state index contributed by atoms with van der Waals surface area (Å²) in [6.07, 6.45) is 2.65. The molecular formula is C32H48ClN5O3S. The fourth-order valence-electron chi connectivity index (χ4n) is 5.12. The van der Waals surface area contributed by atoms with Crippen molar-refractivity contribution in [3.63, 3.8) is 0 Å². The van der Waals surface area contributed by atoms with Crippen molar-refractivity contribution in [3.05, 3.63) is 46.7 Å². The van der Waals surface area contributed by atoms with Crippen molar-refractivity contribution in [2.24, 2.45) is 11.8 Å². The number of rotatable bonds is 9. The molecule has 3 rings (SSSR count). The maximum Gasteiger partial charge on any atom is 0.410 e. The molecule has 1 aliphatic rings. The number of amides is 2. The van der Waals surface area contributed by atoms with Gasteiger partial charge in [0.25, 0.3) is 5.91 Å². The van der Waals surface area contributed by atoms with Crippen LogP contribution in [0.15, 0.2) is 35.4 Å². The first-order valence-electron chi connectivity index (χ1n) is 14.7. The maximum absolute atomic E-state index is 12.8. The van der Waals surface area contributed by atoms with Crippen LogP contribution < -0.4 is 10.0 Å². The number of pyridine rings is 2. The third kappa shape index (κ3) is 9.49. The summed E-state index contributed by atoms with van der Waals surface area (Å²) in [5.41, 5.74) is 0.246. The number of halogens is 1. The quantitative estimate of drug-likeness (QED) is 0.217. The van der Waals surface area contributed by atoms with Gasteiger partial charge >= 0.3 is 6.09 Å². The highest BCUT2D eigenvalue weighted by atomic mass is 35.5. The van der Waals surface area contributed by atoms with Gasteiger partial charge in [-0.2, -0.15) is 0 Å². The molecule has 2 unspecified atom stereocenters. The van der Waals surface area contributed by atoms with Crippen LogP contribution in [0.5, 0.6) is 0 Å². The van der Waals surface area contributed by atoms with Gasteiger partial charge in [-0.25, -0.2) is 14.8 Å². The largest absolute Gasteiger partial charge is 0.444 e. The highest BCUT2D eigenvalue weighted by Crippen LogP contribution is 2.37. The maximum atomic E-state index is 12.8. The summed E-state index contributed by atoms with van der Waals surface area (Å²) in [4.78, 5) is 36.7. The molecule has 1 fully saturated rings. The lowest BCUT2D eigenvalue weighted by Crippen LogP contribution is -2.45. The van der Waals surface area contributed by atoms with Crippen LogP contribution in [0.25, 0.3) is 0 Å². The van der Waals surface area contributed by atoms with Gasteiger partial charge in [0.15, 0.2) is 0 Å². The average Bonchev–Trinajstić information content (AvgIpc) is 3.17. The molecule has 0 saturated carbocycles. The van der Waals surface area contributed by atoms with E-state index in [0.717, 1.165) is 42.7 Å². The molecule has 0 aromatic carbocycles. The standard InChI is InChI=1S/C32H48ClN5O3S/c1-20(2)23(16-14-21-18-32(9,10)38(19-21)29(40)41-31(6,7)8)34-25-12-11-13-26(36-25)42-37-28(39)22-15-17-24(30(3,4)5)35-27(22)33/h11-13,15,17,20-21,23H,14,16,18-19H2,1-10H3,(H,34,36)(H,37,39). The topological polar surface area (TPSA) is 96.5 Å². The SMILES string of the molecule is CC(C)C(CCC1CN(C(=O)OC(C)(C)C)C(C)(C)C1)Nc1cccc(SNC(=O)c2ccc(C(C)(C)C)nc2Cl)n1. The number of aromatic nitrogens is 2. The molecule has 1 saturated heterocycles. The molecular weight excluding hydrogens is 570 g/mol. The monoisotopic (exact) mass is 617 g/mol. The summed E-state index contributed by atoms with van der Waals surface area (Å²) >= 11 is 7.48. The third-order valence-corrected chi connectivity index (χ3v) is 8.44. The van der Waals surface area contributed by atoms with Crippen LogP contribution in [0.1, 0.15) is 105 Å². The second-order valence-corrected chi connectivity index (χ2v) is 15.4. The van der Waals surface area contributed by atoms with Crippen LogP contribution >= 0.6 is 23.5 Å². The van der Waals surface area contributed by atoms with Crippen molar-refractivity contribution in [2.45, 2.75) is 116 Å². The van der Waals surface area contributed by atoms with E-state index in [9.17, 15) is 9.59 Å². The Kier molecular flexibility index (Phi) is 10.9. The zero-order valence-corrected chi connectivity index (χ0v) is 28.4. The number of ether oxygens (including phenoxy) is 1. The van der Waals surface area contributed by atoms with E-state index >= 15 is 0 Å². The predicted octanol–water partition coefficient (Wildman–Crippen LogP) is 8.12. The van der Waals surface area contributed by atoms with E-state index in [2.05, 4.69) is 42.7 Å². The predicted molar refractivity (Wildman–Crippen MR) is 172 cm³/mol. The molecule has 0 bridgehead atoms. The Balaban J connectivity index is 1.58. The fraction of sp³-hybridized carbons (Fsp3) is 0.625. The normalized spacial score (nSPS) is 17.7. The average molecular weight is 618 g/mol. The number of hydrogen-bond donors (Lipinski definition) is 2. The Labute approximate surface area is 261 Å². The molecule has 2 amide bonds. The van der Waals surface area contributed by atoms with Crippen LogP contribution in [-0.4, -0.2) is 50.6 Å². The van der Waals surface area contributed by atoms with E-state index in [1.165, 1.54) is 0 Å². The van der Waals surface area contributed by atoms with Gasteiger partial charge in [0.05, 0.1) is 5.56 Å². The Morgan fingerprint density at radius 2 is 1.81 bits per heavy atom. The van der Waals surface area contributed by atoms with Crippen molar-refractivity contribution in [2.75, 3.05) is 11.9 Å². The summed E-state index contributed by atoms with van der Waals surface area (Å²) in [5.74, 6) is 1.21. The van der Waals surface area contributed by atoms with E-state index < -0.39 is 5.60 Å². The second kappa shape index (κ2) is 13.4. The molecule has 0 radical (unpaired) electrons. The summed E-state index contributed by atoms with van der Waals surface area (Å²) in [7, 11) is 0. The number of likely N-dealkylation sites (tertiary alicyclic amines) is 1.